The lowest BCUT2D eigenvalue weighted by molar-refractivity contribution is -0.259. The van der Waals surface area contributed by atoms with E-state index in [9.17, 15) is 24.6 Å². The topological polar surface area (TPSA) is 123 Å². The molecule has 0 unspecified atom stereocenters. The third kappa shape index (κ3) is 7.47. The van der Waals surface area contributed by atoms with Gasteiger partial charge in [0.05, 0.1) is 18.3 Å². The molecule has 9 nitrogen and oxygen atoms in total. The van der Waals surface area contributed by atoms with Crippen molar-refractivity contribution in [3.05, 3.63) is 0 Å². The largest absolute Gasteiger partial charge is 0.459 e. The van der Waals surface area contributed by atoms with Gasteiger partial charge in [-0.05, 0) is 60.0 Å². The number of esters is 1. The lowest BCUT2D eigenvalue weighted by Gasteiger charge is -2.45. The van der Waals surface area contributed by atoms with Crippen LogP contribution in [0.4, 0.5) is 0 Å². The number of carbonyl (C=O) groups excluding carboxylic acids is 3. The molecule has 0 amide bonds. The Balaban J connectivity index is 2.48. The van der Waals surface area contributed by atoms with Gasteiger partial charge in [0.15, 0.2) is 12.1 Å². The van der Waals surface area contributed by atoms with Crippen LogP contribution in [0.2, 0.25) is 0 Å². The predicted octanol–water partition coefficient (Wildman–Crippen LogP) is 3.23. The summed E-state index contributed by atoms with van der Waals surface area (Å²) in [7, 11) is 4.06. The summed E-state index contributed by atoms with van der Waals surface area (Å²) < 4.78 is 18.4. The molecule has 0 radical (unpaired) electrons. The molecule has 2 fully saturated rings. The quantitative estimate of drug-likeness (QED) is 0.398. The first kappa shape index (κ1) is 33.8. The van der Waals surface area contributed by atoms with Gasteiger partial charge in [0.25, 0.3) is 0 Å². The van der Waals surface area contributed by atoms with E-state index in [4.69, 9.17) is 14.2 Å². The number of carbonyl (C=O) groups is 3. The zero-order chi connectivity index (χ0) is 30.0. The number of rotatable bonds is 4. The number of aliphatic hydroxyl groups excluding tert-OH is 1. The molecule has 9 heteroatoms. The van der Waals surface area contributed by atoms with Crippen LogP contribution < -0.4 is 0 Å². The van der Waals surface area contributed by atoms with Crippen LogP contribution in [0.15, 0.2) is 0 Å². The van der Waals surface area contributed by atoms with Crippen molar-refractivity contribution >= 4 is 17.5 Å². The number of aliphatic hydroxyl groups is 2. The fraction of sp³-hybridized carbons (Fsp3) is 0.900. The maximum absolute atomic E-state index is 13.7. The minimum Gasteiger partial charge on any atom is -0.459 e. The molecule has 39 heavy (non-hydrogen) atoms. The van der Waals surface area contributed by atoms with E-state index in [1.807, 2.05) is 27.9 Å². The SMILES string of the molecule is CC[C@H]1OC(=O)[C@H](C)C(=O)[C@H](C)[C@@H](O[C@@H]2O[C@H](C)C[C@H](N(C)C)[C@H]2C)[C@@H](C)C[C@@H](C)C(=O)[C@H](C)[C@@H](O)[C@]1(C)O. The van der Waals surface area contributed by atoms with Crippen LogP contribution >= 0.6 is 0 Å². The summed E-state index contributed by atoms with van der Waals surface area (Å²) in [4.78, 5) is 42.3. The van der Waals surface area contributed by atoms with Gasteiger partial charge in [-0.2, -0.15) is 0 Å². The molecular formula is C30H53NO8. The maximum Gasteiger partial charge on any atom is 0.316 e. The number of cyclic esters (lactones) is 1. The highest BCUT2D eigenvalue weighted by Crippen LogP contribution is 2.36. The molecule has 0 bridgehead atoms. The molecule has 226 valence electrons. The Labute approximate surface area is 234 Å². The summed E-state index contributed by atoms with van der Waals surface area (Å²) in [5, 5.41) is 22.2. The number of Topliss-reactive ketones (excluding diaryl/α,β-unsaturated/α-hetero) is 2. The lowest BCUT2D eigenvalue weighted by Crippen LogP contribution is -2.56. The van der Waals surface area contributed by atoms with Crippen LogP contribution in [-0.2, 0) is 28.6 Å². The van der Waals surface area contributed by atoms with E-state index in [-0.39, 0.29) is 42.0 Å². The number of ketones is 2. The van der Waals surface area contributed by atoms with Crippen LogP contribution in [0.1, 0.15) is 81.6 Å². The van der Waals surface area contributed by atoms with E-state index in [1.165, 1.54) is 13.8 Å². The molecule has 2 aliphatic rings. The van der Waals surface area contributed by atoms with Crippen molar-refractivity contribution < 1.29 is 38.8 Å². The molecule has 0 aromatic carbocycles. The molecule has 0 spiro atoms. The van der Waals surface area contributed by atoms with Gasteiger partial charge in [0, 0.05) is 29.7 Å². The van der Waals surface area contributed by atoms with Crippen LogP contribution in [0.25, 0.3) is 0 Å². The van der Waals surface area contributed by atoms with Crippen molar-refractivity contribution in [1.82, 2.24) is 4.90 Å². The Kier molecular flexibility index (Phi) is 11.7. The van der Waals surface area contributed by atoms with E-state index in [0.29, 0.717) is 6.42 Å². The number of hydrogen-bond donors (Lipinski definition) is 2. The molecular weight excluding hydrogens is 502 g/mol. The second kappa shape index (κ2) is 13.5. The summed E-state index contributed by atoms with van der Waals surface area (Å²) in [5.41, 5.74) is -1.87. The molecule has 2 rings (SSSR count). The number of hydrogen-bond acceptors (Lipinski definition) is 9. The van der Waals surface area contributed by atoms with Crippen molar-refractivity contribution in [1.29, 1.82) is 0 Å². The third-order valence-corrected chi connectivity index (χ3v) is 9.23. The fourth-order valence-electron chi connectivity index (χ4n) is 6.52. The van der Waals surface area contributed by atoms with E-state index < -0.39 is 59.8 Å². The van der Waals surface area contributed by atoms with Gasteiger partial charge >= 0.3 is 5.97 Å². The van der Waals surface area contributed by atoms with Crippen molar-refractivity contribution in [2.75, 3.05) is 14.1 Å². The standard InChI is InChI=1S/C30H53NO8/c1-12-23-30(9,36)27(34)20(7)24(32)15(2)13-16(3)26(19(6)25(33)21(8)28(35)38-23)39-29-18(5)22(31(10)11)14-17(4)37-29/h15-23,26-27,29,34,36H,12-14H2,1-11H3/t15-,16+,17-,18-,19+,20+,21-,22+,23-,26+,27-,29+,30-/m1/s1. The van der Waals surface area contributed by atoms with Gasteiger partial charge in [-0.1, -0.05) is 41.5 Å². The third-order valence-electron chi connectivity index (χ3n) is 9.23. The molecule has 0 aliphatic carbocycles. The van der Waals surface area contributed by atoms with E-state index in [2.05, 4.69) is 11.8 Å². The summed E-state index contributed by atoms with van der Waals surface area (Å²) >= 11 is 0. The van der Waals surface area contributed by atoms with Crippen molar-refractivity contribution in [3.63, 3.8) is 0 Å². The average molecular weight is 556 g/mol. The van der Waals surface area contributed by atoms with Crippen LogP contribution in [0, 0.1) is 35.5 Å². The smallest absolute Gasteiger partial charge is 0.316 e. The Morgan fingerprint density at radius 3 is 2.10 bits per heavy atom. The molecule has 0 aromatic heterocycles. The van der Waals surface area contributed by atoms with Gasteiger partial charge in [-0.25, -0.2) is 0 Å². The van der Waals surface area contributed by atoms with Crippen molar-refractivity contribution in [2.45, 2.75) is 124 Å². The Morgan fingerprint density at radius 2 is 1.56 bits per heavy atom. The molecule has 13 atom stereocenters. The van der Waals surface area contributed by atoms with Crippen molar-refractivity contribution in [2.24, 2.45) is 35.5 Å². The summed E-state index contributed by atoms with van der Waals surface area (Å²) in [6, 6.07) is 0.231. The maximum atomic E-state index is 13.7. The Bertz CT molecular complexity index is 860. The Morgan fingerprint density at radius 1 is 0.974 bits per heavy atom. The fourth-order valence-corrected chi connectivity index (χ4v) is 6.52. The average Bonchev–Trinajstić information content (AvgIpc) is 2.87. The second-order valence-electron chi connectivity index (χ2n) is 12.8. The van der Waals surface area contributed by atoms with Gasteiger partial charge in [0.1, 0.15) is 23.4 Å². The molecule has 0 saturated carbocycles. The highest BCUT2D eigenvalue weighted by molar-refractivity contribution is 6.00. The van der Waals surface area contributed by atoms with Gasteiger partial charge in [0.2, 0.25) is 0 Å². The van der Waals surface area contributed by atoms with Gasteiger partial charge < -0.3 is 29.3 Å². The van der Waals surface area contributed by atoms with Crippen LogP contribution in [-0.4, -0.2) is 89.1 Å². The van der Waals surface area contributed by atoms with Gasteiger partial charge in [-0.3, -0.25) is 14.4 Å². The van der Waals surface area contributed by atoms with E-state index >= 15 is 0 Å². The minimum atomic E-state index is -1.87. The van der Waals surface area contributed by atoms with Gasteiger partial charge in [-0.15, -0.1) is 0 Å². The van der Waals surface area contributed by atoms with E-state index in [1.54, 1.807) is 27.7 Å². The minimum absolute atomic E-state index is 0.0305. The molecule has 0 aromatic rings. The number of nitrogens with zero attached hydrogens (tertiary/aromatic N) is 1. The zero-order valence-electron chi connectivity index (χ0n) is 25.8. The van der Waals surface area contributed by atoms with Crippen molar-refractivity contribution in [3.8, 4) is 0 Å². The van der Waals surface area contributed by atoms with Crippen LogP contribution in [0.5, 0.6) is 0 Å². The lowest BCUT2D eigenvalue weighted by atomic mass is 9.76. The monoisotopic (exact) mass is 555 g/mol. The molecule has 2 N–H and O–H groups in total. The zero-order valence-corrected chi connectivity index (χ0v) is 25.8. The molecule has 2 heterocycles. The Hall–Kier alpha value is -1.39. The molecule has 2 saturated heterocycles. The number of ether oxygens (including phenoxy) is 3. The first-order chi connectivity index (χ1) is 17.9. The first-order valence-corrected chi connectivity index (χ1v) is 14.6. The normalized spacial score (nSPS) is 45.6. The first-order valence-electron chi connectivity index (χ1n) is 14.6. The highest BCUT2D eigenvalue weighted by atomic mass is 16.7. The summed E-state index contributed by atoms with van der Waals surface area (Å²) in [6.07, 6.45) is -2.29. The summed E-state index contributed by atoms with van der Waals surface area (Å²) in [6.45, 7) is 15.8. The van der Waals surface area contributed by atoms with E-state index in [0.717, 1.165) is 6.42 Å². The summed E-state index contributed by atoms with van der Waals surface area (Å²) in [5.74, 6) is -4.66. The second-order valence-corrected chi connectivity index (χ2v) is 12.8. The predicted molar refractivity (Wildman–Crippen MR) is 148 cm³/mol. The van der Waals surface area contributed by atoms with Crippen LogP contribution in [0.3, 0.4) is 0 Å². The molecule has 2 aliphatic heterocycles. The highest BCUT2D eigenvalue weighted by Gasteiger charge is 2.48.